The molecule has 98 valence electrons. The van der Waals surface area contributed by atoms with Gasteiger partial charge in [0.1, 0.15) is 5.82 Å². The van der Waals surface area contributed by atoms with Crippen LogP contribution in [0.4, 0.5) is 4.39 Å². The fourth-order valence-electron chi connectivity index (χ4n) is 2.27. The second-order valence-electron chi connectivity index (χ2n) is 5.03. The SMILES string of the molecule is CN(CCc1ccccc1F)C(=O)C1CC(N)C1. The van der Waals surface area contributed by atoms with Gasteiger partial charge in [0.25, 0.3) is 0 Å². The van der Waals surface area contributed by atoms with E-state index in [2.05, 4.69) is 0 Å². The van der Waals surface area contributed by atoms with Crippen LogP contribution in [0.5, 0.6) is 0 Å². The Morgan fingerprint density at radius 3 is 2.72 bits per heavy atom. The minimum Gasteiger partial charge on any atom is -0.345 e. The summed E-state index contributed by atoms with van der Waals surface area (Å²) in [6.07, 6.45) is 2.11. The molecule has 2 N–H and O–H groups in total. The number of carbonyl (C=O) groups excluding carboxylic acids is 1. The normalized spacial score (nSPS) is 22.4. The molecule has 18 heavy (non-hydrogen) atoms. The summed E-state index contributed by atoms with van der Waals surface area (Å²) in [5, 5.41) is 0. The number of hydrogen-bond donors (Lipinski definition) is 1. The number of carbonyl (C=O) groups is 1. The number of nitrogens with two attached hydrogens (primary N) is 1. The van der Waals surface area contributed by atoms with Crippen molar-refractivity contribution < 1.29 is 9.18 Å². The highest BCUT2D eigenvalue weighted by Crippen LogP contribution is 2.27. The molecule has 0 unspecified atom stereocenters. The van der Waals surface area contributed by atoms with Crippen molar-refractivity contribution in [2.24, 2.45) is 11.7 Å². The van der Waals surface area contributed by atoms with E-state index in [0.29, 0.717) is 18.5 Å². The number of hydrogen-bond acceptors (Lipinski definition) is 2. The first kappa shape index (κ1) is 13.0. The van der Waals surface area contributed by atoms with Crippen LogP contribution in [0, 0.1) is 11.7 Å². The van der Waals surface area contributed by atoms with E-state index in [0.717, 1.165) is 12.8 Å². The molecule has 1 fully saturated rings. The van der Waals surface area contributed by atoms with Crippen molar-refractivity contribution in [3.05, 3.63) is 35.6 Å². The summed E-state index contributed by atoms with van der Waals surface area (Å²) in [6.45, 7) is 0.547. The lowest BCUT2D eigenvalue weighted by atomic mass is 9.80. The summed E-state index contributed by atoms with van der Waals surface area (Å²) in [7, 11) is 1.77. The molecule has 0 saturated heterocycles. The van der Waals surface area contributed by atoms with Gasteiger partial charge >= 0.3 is 0 Å². The van der Waals surface area contributed by atoms with E-state index >= 15 is 0 Å². The maximum atomic E-state index is 13.4. The number of benzene rings is 1. The lowest BCUT2D eigenvalue weighted by molar-refractivity contribution is -0.137. The van der Waals surface area contributed by atoms with Gasteiger partial charge < -0.3 is 10.6 Å². The summed E-state index contributed by atoms with van der Waals surface area (Å²) in [4.78, 5) is 13.6. The van der Waals surface area contributed by atoms with Crippen molar-refractivity contribution in [2.75, 3.05) is 13.6 Å². The average Bonchev–Trinajstić information content (AvgIpc) is 2.33. The van der Waals surface area contributed by atoms with Gasteiger partial charge in [-0.3, -0.25) is 4.79 Å². The van der Waals surface area contributed by atoms with E-state index in [1.165, 1.54) is 6.07 Å². The predicted molar refractivity (Wildman–Crippen MR) is 68.4 cm³/mol. The minimum atomic E-state index is -0.205. The number of amides is 1. The van der Waals surface area contributed by atoms with Gasteiger partial charge in [-0.25, -0.2) is 4.39 Å². The molecule has 0 atom stereocenters. The Morgan fingerprint density at radius 2 is 2.11 bits per heavy atom. The first-order chi connectivity index (χ1) is 8.58. The van der Waals surface area contributed by atoms with Gasteiger partial charge in [-0.05, 0) is 30.9 Å². The minimum absolute atomic E-state index is 0.0746. The standard InChI is InChI=1S/C14H19FN2O/c1-17(14(18)11-8-12(16)9-11)7-6-10-4-2-3-5-13(10)15/h2-5,11-12H,6-9,16H2,1H3. The molecule has 1 amide bonds. The third-order valence-electron chi connectivity index (χ3n) is 3.57. The Morgan fingerprint density at radius 1 is 1.44 bits per heavy atom. The molecule has 1 aliphatic rings. The van der Waals surface area contributed by atoms with Crippen LogP contribution in [-0.2, 0) is 11.2 Å². The Bertz CT molecular complexity index is 430. The molecule has 1 aromatic rings. The van der Waals surface area contributed by atoms with E-state index in [4.69, 9.17) is 5.73 Å². The lowest BCUT2D eigenvalue weighted by Gasteiger charge is -2.34. The molecule has 0 bridgehead atoms. The quantitative estimate of drug-likeness (QED) is 0.881. The molecule has 1 aromatic carbocycles. The van der Waals surface area contributed by atoms with Gasteiger partial charge in [0, 0.05) is 25.6 Å². The Labute approximate surface area is 107 Å². The summed E-state index contributed by atoms with van der Waals surface area (Å²) < 4.78 is 13.4. The first-order valence-electron chi connectivity index (χ1n) is 6.32. The fraction of sp³-hybridized carbons (Fsp3) is 0.500. The number of halogens is 1. The zero-order valence-corrected chi connectivity index (χ0v) is 10.6. The zero-order chi connectivity index (χ0) is 13.1. The van der Waals surface area contributed by atoms with Gasteiger partial charge in [0.15, 0.2) is 0 Å². The second-order valence-corrected chi connectivity index (χ2v) is 5.03. The van der Waals surface area contributed by atoms with Crippen LogP contribution in [0.25, 0.3) is 0 Å². The van der Waals surface area contributed by atoms with Crippen LogP contribution in [-0.4, -0.2) is 30.4 Å². The predicted octanol–water partition coefficient (Wildman–Crippen LogP) is 1.56. The van der Waals surface area contributed by atoms with Crippen LogP contribution in [0.15, 0.2) is 24.3 Å². The van der Waals surface area contributed by atoms with Crippen molar-refractivity contribution in [1.29, 1.82) is 0 Å². The fourth-order valence-corrected chi connectivity index (χ4v) is 2.27. The monoisotopic (exact) mass is 250 g/mol. The number of rotatable bonds is 4. The molecule has 4 heteroatoms. The smallest absolute Gasteiger partial charge is 0.225 e. The molecule has 0 aliphatic heterocycles. The third-order valence-corrected chi connectivity index (χ3v) is 3.57. The maximum Gasteiger partial charge on any atom is 0.225 e. The van der Waals surface area contributed by atoms with Crippen molar-refractivity contribution in [3.8, 4) is 0 Å². The van der Waals surface area contributed by atoms with Crippen molar-refractivity contribution in [2.45, 2.75) is 25.3 Å². The third kappa shape index (κ3) is 2.88. The molecule has 0 spiro atoms. The van der Waals surface area contributed by atoms with E-state index < -0.39 is 0 Å². The molecule has 0 aromatic heterocycles. The molecule has 2 rings (SSSR count). The van der Waals surface area contributed by atoms with E-state index in [9.17, 15) is 9.18 Å². The highest BCUT2D eigenvalue weighted by atomic mass is 19.1. The van der Waals surface area contributed by atoms with Crippen molar-refractivity contribution in [1.82, 2.24) is 4.90 Å². The first-order valence-corrected chi connectivity index (χ1v) is 6.32. The van der Waals surface area contributed by atoms with E-state index in [-0.39, 0.29) is 23.7 Å². The molecule has 0 heterocycles. The molecular formula is C14H19FN2O. The number of likely N-dealkylation sites (N-methyl/N-ethyl adjacent to an activating group) is 1. The molecular weight excluding hydrogens is 231 g/mol. The molecule has 0 radical (unpaired) electrons. The van der Waals surface area contributed by atoms with Crippen LogP contribution in [0.1, 0.15) is 18.4 Å². The topological polar surface area (TPSA) is 46.3 Å². The Kier molecular flexibility index (Phi) is 3.97. The molecule has 3 nitrogen and oxygen atoms in total. The molecule has 1 aliphatic carbocycles. The summed E-state index contributed by atoms with van der Waals surface area (Å²) in [6, 6.07) is 6.86. The lowest BCUT2D eigenvalue weighted by Crippen LogP contribution is -2.46. The second kappa shape index (κ2) is 5.48. The highest BCUT2D eigenvalue weighted by Gasteiger charge is 2.33. The van der Waals surface area contributed by atoms with Crippen molar-refractivity contribution >= 4 is 5.91 Å². The average molecular weight is 250 g/mol. The van der Waals surface area contributed by atoms with Gasteiger partial charge in [-0.2, -0.15) is 0 Å². The van der Waals surface area contributed by atoms with Gasteiger partial charge in [0.05, 0.1) is 0 Å². The summed E-state index contributed by atoms with van der Waals surface area (Å²) in [5.74, 6) is 0.00248. The van der Waals surface area contributed by atoms with Crippen LogP contribution >= 0.6 is 0 Å². The largest absolute Gasteiger partial charge is 0.345 e. The maximum absolute atomic E-state index is 13.4. The highest BCUT2D eigenvalue weighted by molar-refractivity contribution is 5.79. The zero-order valence-electron chi connectivity index (χ0n) is 10.6. The van der Waals surface area contributed by atoms with E-state index in [1.807, 2.05) is 6.07 Å². The Hall–Kier alpha value is -1.42. The van der Waals surface area contributed by atoms with Crippen LogP contribution < -0.4 is 5.73 Å². The molecule has 1 saturated carbocycles. The van der Waals surface area contributed by atoms with Crippen LogP contribution in [0.3, 0.4) is 0 Å². The van der Waals surface area contributed by atoms with Crippen molar-refractivity contribution in [3.63, 3.8) is 0 Å². The van der Waals surface area contributed by atoms with E-state index in [1.54, 1.807) is 24.1 Å². The van der Waals surface area contributed by atoms with Crippen LogP contribution in [0.2, 0.25) is 0 Å². The summed E-state index contributed by atoms with van der Waals surface area (Å²) in [5.41, 5.74) is 6.33. The van der Waals surface area contributed by atoms with Gasteiger partial charge in [-0.1, -0.05) is 18.2 Å². The van der Waals surface area contributed by atoms with Gasteiger partial charge in [0.2, 0.25) is 5.91 Å². The van der Waals surface area contributed by atoms with Gasteiger partial charge in [-0.15, -0.1) is 0 Å². The summed E-state index contributed by atoms with van der Waals surface area (Å²) >= 11 is 0. The number of nitrogens with zero attached hydrogens (tertiary/aromatic N) is 1. The Balaban J connectivity index is 1.83.